The minimum absolute atomic E-state index is 0.108. The molecule has 224 valence electrons. The first-order valence-corrected chi connectivity index (χ1v) is 14.0. The Morgan fingerprint density at radius 3 is 2.77 bits per heavy atom. The number of anilines is 2. The molecule has 1 atom stereocenters. The quantitative estimate of drug-likeness (QED) is 0.199. The zero-order chi connectivity index (χ0) is 31.1. The van der Waals surface area contributed by atoms with E-state index >= 15 is 0 Å². The Bertz CT molecular complexity index is 1760. The molecule has 4 aromatic rings. The van der Waals surface area contributed by atoms with E-state index in [0.29, 0.717) is 57.3 Å². The number of carbonyl (C=O) groups is 3. The average molecular weight is 634 g/mol. The van der Waals surface area contributed by atoms with Gasteiger partial charge in [0.05, 0.1) is 30.2 Å². The van der Waals surface area contributed by atoms with Gasteiger partial charge in [0.1, 0.15) is 6.33 Å². The molecule has 3 amide bonds. The topological polar surface area (TPSA) is 166 Å². The van der Waals surface area contributed by atoms with Gasteiger partial charge in [0.2, 0.25) is 11.8 Å². The highest BCUT2D eigenvalue weighted by Crippen LogP contribution is 2.34. The number of carbonyl (C=O) groups excluding carboxylic acids is 3. The minimum Gasteiger partial charge on any atom is -0.453 e. The van der Waals surface area contributed by atoms with Gasteiger partial charge in [-0.15, -0.1) is 15.3 Å². The summed E-state index contributed by atoms with van der Waals surface area (Å²) in [5.74, 6) is -0.634. The van der Waals surface area contributed by atoms with Crippen molar-refractivity contribution in [3.8, 4) is 16.9 Å². The zero-order valence-electron chi connectivity index (χ0n) is 23.2. The number of methoxy groups -OCH3 is 1. The lowest BCUT2D eigenvalue weighted by Crippen LogP contribution is -2.27. The predicted molar refractivity (Wildman–Crippen MR) is 164 cm³/mol. The van der Waals surface area contributed by atoms with Gasteiger partial charge in [-0.2, -0.15) is 4.68 Å². The molecule has 0 fully saturated rings. The molecule has 3 heterocycles. The molecule has 1 unspecified atom stereocenters. The summed E-state index contributed by atoms with van der Waals surface area (Å²) >= 11 is 12.7. The number of hydrogen-bond acceptors (Lipinski definition) is 9. The molecule has 0 saturated carbocycles. The third-order valence-corrected chi connectivity index (χ3v) is 7.07. The molecule has 0 spiro atoms. The van der Waals surface area contributed by atoms with Crippen LogP contribution in [0.1, 0.15) is 36.4 Å². The number of rotatable bonds is 5. The number of allylic oxidation sites excluding steroid dienone is 1. The predicted octanol–water partition coefficient (Wildman–Crippen LogP) is 5.15. The van der Waals surface area contributed by atoms with Crippen molar-refractivity contribution in [1.29, 1.82) is 0 Å². The van der Waals surface area contributed by atoms with Gasteiger partial charge >= 0.3 is 6.09 Å². The molecule has 1 aliphatic rings. The maximum absolute atomic E-state index is 13.2. The molecule has 2 aromatic heterocycles. The van der Waals surface area contributed by atoms with Crippen LogP contribution in [-0.2, 0) is 14.3 Å². The molecule has 5 rings (SSSR count). The summed E-state index contributed by atoms with van der Waals surface area (Å²) < 4.78 is 6.13. The Morgan fingerprint density at radius 2 is 1.98 bits per heavy atom. The SMILES string of the molecule is COC(=O)Nc1ccc2c(c1)NC(=O)CC/C=C/CC(NC(=O)/C=C/c1cc(Cl)ccc1-n1cnnn1)c1cc-2nnc1Cl. The highest BCUT2D eigenvalue weighted by Gasteiger charge is 2.21. The van der Waals surface area contributed by atoms with Gasteiger partial charge in [-0.1, -0.05) is 35.4 Å². The highest BCUT2D eigenvalue weighted by molar-refractivity contribution is 6.31. The van der Waals surface area contributed by atoms with Crippen LogP contribution in [0.15, 0.2) is 67.0 Å². The number of amides is 3. The van der Waals surface area contributed by atoms with E-state index in [1.54, 1.807) is 48.5 Å². The van der Waals surface area contributed by atoms with Crippen molar-refractivity contribution in [3.05, 3.63) is 88.3 Å². The fraction of sp³-hybridized carbons (Fsp3) is 0.172. The molecule has 15 heteroatoms. The third kappa shape index (κ3) is 7.43. The van der Waals surface area contributed by atoms with Crippen molar-refractivity contribution >= 4 is 58.6 Å². The van der Waals surface area contributed by atoms with E-state index < -0.39 is 18.0 Å². The van der Waals surface area contributed by atoms with Crippen LogP contribution in [0.25, 0.3) is 23.0 Å². The first-order chi connectivity index (χ1) is 21.3. The summed E-state index contributed by atoms with van der Waals surface area (Å²) in [4.78, 5) is 37.7. The number of ether oxygens (including phenoxy) is 1. The monoisotopic (exact) mass is 633 g/mol. The number of nitrogens with one attached hydrogen (secondary N) is 3. The second kappa shape index (κ2) is 13.9. The summed E-state index contributed by atoms with van der Waals surface area (Å²) in [6.45, 7) is 0. The lowest BCUT2D eigenvalue weighted by molar-refractivity contribution is -0.117. The van der Waals surface area contributed by atoms with Crippen molar-refractivity contribution in [2.24, 2.45) is 0 Å². The number of nitrogens with zero attached hydrogens (tertiary/aromatic N) is 6. The highest BCUT2D eigenvalue weighted by atomic mass is 35.5. The normalized spacial score (nSPS) is 15.6. The number of hydrogen-bond donors (Lipinski definition) is 3. The minimum atomic E-state index is -0.658. The van der Waals surface area contributed by atoms with Crippen LogP contribution >= 0.6 is 23.2 Å². The fourth-order valence-corrected chi connectivity index (χ4v) is 4.85. The molecule has 2 bridgehead atoms. The molecular weight excluding hydrogens is 609 g/mol. The largest absolute Gasteiger partial charge is 0.453 e. The summed E-state index contributed by atoms with van der Waals surface area (Å²) in [5.41, 5.74) is 3.51. The number of halogens is 2. The molecule has 0 radical (unpaired) electrons. The summed E-state index contributed by atoms with van der Waals surface area (Å²) in [7, 11) is 1.25. The van der Waals surface area contributed by atoms with Gasteiger partial charge in [-0.25, -0.2) is 4.79 Å². The van der Waals surface area contributed by atoms with Crippen LogP contribution in [0, 0.1) is 0 Å². The van der Waals surface area contributed by atoms with Crippen molar-refractivity contribution in [2.45, 2.75) is 25.3 Å². The third-order valence-electron chi connectivity index (χ3n) is 6.55. The van der Waals surface area contributed by atoms with Gasteiger partial charge in [-0.3, -0.25) is 14.9 Å². The summed E-state index contributed by atoms with van der Waals surface area (Å²) in [6, 6.07) is 11.2. The van der Waals surface area contributed by atoms with Crippen LogP contribution in [0.4, 0.5) is 16.2 Å². The second-order valence-electron chi connectivity index (χ2n) is 9.50. The van der Waals surface area contributed by atoms with E-state index in [2.05, 4.69) is 46.4 Å². The van der Waals surface area contributed by atoms with Crippen LogP contribution in [0.5, 0.6) is 0 Å². The number of tetrazole rings is 1. The first-order valence-electron chi connectivity index (χ1n) is 13.3. The van der Waals surface area contributed by atoms with Crippen molar-refractivity contribution in [3.63, 3.8) is 0 Å². The van der Waals surface area contributed by atoms with Crippen LogP contribution < -0.4 is 16.0 Å². The van der Waals surface area contributed by atoms with E-state index in [1.807, 2.05) is 12.2 Å². The Labute approximate surface area is 261 Å². The molecule has 1 aliphatic heterocycles. The number of aromatic nitrogens is 6. The van der Waals surface area contributed by atoms with Gasteiger partial charge in [-0.05, 0) is 71.8 Å². The summed E-state index contributed by atoms with van der Waals surface area (Å²) in [6.07, 6.45) is 8.53. The van der Waals surface area contributed by atoms with Crippen LogP contribution in [-0.4, -0.2) is 55.4 Å². The lowest BCUT2D eigenvalue weighted by Gasteiger charge is -2.19. The van der Waals surface area contributed by atoms with Crippen molar-refractivity contribution in [2.75, 3.05) is 17.7 Å². The fourth-order valence-electron chi connectivity index (χ4n) is 4.45. The smallest absolute Gasteiger partial charge is 0.411 e. The van der Waals surface area contributed by atoms with Gasteiger partial charge in [0.15, 0.2) is 5.15 Å². The van der Waals surface area contributed by atoms with Gasteiger partial charge < -0.3 is 15.4 Å². The molecule has 2 aromatic carbocycles. The molecular formula is C29H25Cl2N9O4. The number of benzene rings is 2. The van der Waals surface area contributed by atoms with Crippen LogP contribution in [0.3, 0.4) is 0 Å². The maximum Gasteiger partial charge on any atom is 0.411 e. The van der Waals surface area contributed by atoms with E-state index in [1.165, 1.54) is 24.2 Å². The van der Waals surface area contributed by atoms with Gasteiger partial charge in [0.25, 0.3) is 0 Å². The van der Waals surface area contributed by atoms with Gasteiger partial charge in [0, 0.05) is 39.9 Å². The lowest BCUT2D eigenvalue weighted by atomic mass is 10.0. The maximum atomic E-state index is 13.2. The average Bonchev–Trinajstić information content (AvgIpc) is 3.54. The number of fused-ring (bicyclic) bond motifs is 4. The van der Waals surface area contributed by atoms with E-state index in [0.717, 1.165) is 0 Å². The van der Waals surface area contributed by atoms with E-state index in [9.17, 15) is 14.4 Å². The molecule has 0 aliphatic carbocycles. The van der Waals surface area contributed by atoms with Crippen molar-refractivity contribution < 1.29 is 19.1 Å². The zero-order valence-corrected chi connectivity index (χ0v) is 24.7. The Balaban J connectivity index is 1.47. The Kier molecular flexibility index (Phi) is 9.57. The Morgan fingerprint density at radius 1 is 1.11 bits per heavy atom. The first kappa shape index (κ1) is 30.3. The van der Waals surface area contributed by atoms with E-state index in [-0.39, 0.29) is 17.5 Å². The van der Waals surface area contributed by atoms with E-state index in [4.69, 9.17) is 23.2 Å². The Hall–Kier alpha value is -5.14. The second-order valence-corrected chi connectivity index (χ2v) is 10.3. The summed E-state index contributed by atoms with van der Waals surface area (Å²) in [5, 5.41) is 28.7. The molecule has 3 N–H and O–H groups in total. The van der Waals surface area contributed by atoms with Crippen molar-refractivity contribution in [1.82, 2.24) is 35.7 Å². The van der Waals surface area contributed by atoms with Crippen LogP contribution in [0.2, 0.25) is 10.2 Å². The molecule has 44 heavy (non-hydrogen) atoms. The molecule has 13 nitrogen and oxygen atoms in total. The standard InChI is InChI=1S/C29H25Cl2N9O4/c1-44-29(43)33-19-9-10-20-23(14-19)35-26(41)6-4-2-3-5-22(21-15-24(20)36-37-28(21)31)34-27(42)12-7-17-13-18(30)8-11-25(17)40-16-32-38-39-40/h2-3,7-16,22H,4-6H2,1H3,(H,33,43)(H,34,42)(H,35,41)/b3-2+,12-7+. The molecule has 0 saturated heterocycles.